The third-order valence-electron chi connectivity index (χ3n) is 5.14. The maximum atomic E-state index is 12.6. The minimum atomic E-state index is 0.0152. The molecule has 0 spiro atoms. The average Bonchev–Trinajstić information content (AvgIpc) is 2.65. The number of rotatable bonds is 6. The van der Waals surface area contributed by atoms with Gasteiger partial charge >= 0.3 is 0 Å². The number of hydrogen-bond acceptors (Lipinski definition) is 4. The third-order valence-corrected chi connectivity index (χ3v) is 5.14. The van der Waals surface area contributed by atoms with Crippen molar-refractivity contribution in [1.82, 2.24) is 4.90 Å². The van der Waals surface area contributed by atoms with E-state index in [-0.39, 0.29) is 5.91 Å². The van der Waals surface area contributed by atoms with E-state index in [2.05, 4.69) is 58.4 Å². The summed E-state index contributed by atoms with van der Waals surface area (Å²) < 4.78 is 5.47. The summed E-state index contributed by atoms with van der Waals surface area (Å²) in [6, 6.07) is 12.6. The van der Waals surface area contributed by atoms with Crippen LogP contribution in [0.1, 0.15) is 22.3 Å². The molecule has 1 heterocycles. The number of benzene rings is 2. The highest BCUT2D eigenvalue weighted by Crippen LogP contribution is 2.24. The Balaban J connectivity index is 1.63. The van der Waals surface area contributed by atoms with Gasteiger partial charge in [-0.25, -0.2) is 0 Å². The van der Waals surface area contributed by atoms with E-state index in [1.165, 1.54) is 16.8 Å². The molecule has 3 rings (SSSR count). The van der Waals surface area contributed by atoms with Gasteiger partial charge in [-0.15, -0.1) is 0 Å². The molecule has 28 heavy (non-hydrogen) atoms. The average molecular weight is 382 g/mol. The topological polar surface area (TPSA) is 44.8 Å². The number of carbonyl (C=O) groups is 1. The Morgan fingerprint density at radius 2 is 1.75 bits per heavy atom. The van der Waals surface area contributed by atoms with E-state index in [9.17, 15) is 4.79 Å². The molecule has 2 aromatic carbocycles. The van der Waals surface area contributed by atoms with Gasteiger partial charge in [0.05, 0.1) is 19.8 Å². The number of aryl methyl sites for hydroxylation is 3. The summed E-state index contributed by atoms with van der Waals surface area (Å²) in [5, 5.41) is 3.09. The molecule has 1 amide bonds. The standard InChI is InChI=1S/C23H31N3O2/c1-17-13-18(2)23(19(3)14-17)24-22(27)16-25(4)15-20-7-5-6-8-21(20)26-9-11-28-12-10-26/h5-8,13-14H,9-12,15-16H2,1-4H3,(H,24,27). The van der Waals surface area contributed by atoms with E-state index >= 15 is 0 Å². The lowest BCUT2D eigenvalue weighted by molar-refractivity contribution is -0.117. The lowest BCUT2D eigenvalue weighted by Gasteiger charge is -2.31. The Kier molecular flexibility index (Phi) is 6.70. The number of nitrogens with zero attached hydrogens (tertiary/aromatic N) is 2. The van der Waals surface area contributed by atoms with Crippen molar-refractivity contribution in [2.24, 2.45) is 0 Å². The van der Waals surface area contributed by atoms with Crippen LogP contribution in [0.25, 0.3) is 0 Å². The number of hydrogen-bond donors (Lipinski definition) is 1. The Hall–Kier alpha value is -2.37. The molecule has 0 atom stereocenters. The number of likely N-dealkylation sites (N-methyl/N-ethyl adjacent to an activating group) is 1. The smallest absolute Gasteiger partial charge is 0.238 e. The molecule has 1 aliphatic rings. The third kappa shape index (κ3) is 5.12. The predicted octanol–water partition coefficient (Wildman–Crippen LogP) is 3.52. The number of anilines is 2. The molecule has 0 aliphatic carbocycles. The van der Waals surface area contributed by atoms with Gasteiger partial charge < -0.3 is 15.0 Å². The van der Waals surface area contributed by atoms with Gasteiger partial charge in [0, 0.05) is 31.0 Å². The van der Waals surface area contributed by atoms with Crippen molar-refractivity contribution in [2.75, 3.05) is 50.1 Å². The molecule has 0 saturated carbocycles. The maximum Gasteiger partial charge on any atom is 0.238 e. The summed E-state index contributed by atoms with van der Waals surface area (Å²) in [7, 11) is 1.99. The highest BCUT2D eigenvalue weighted by molar-refractivity contribution is 5.93. The van der Waals surface area contributed by atoms with Crippen molar-refractivity contribution < 1.29 is 9.53 Å². The lowest BCUT2D eigenvalue weighted by atomic mass is 10.1. The van der Waals surface area contributed by atoms with Gasteiger partial charge in [0.25, 0.3) is 0 Å². The molecule has 1 N–H and O–H groups in total. The summed E-state index contributed by atoms with van der Waals surface area (Å²) in [5.74, 6) is 0.0152. The molecule has 0 unspecified atom stereocenters. The van der Waals surface area contributed by atoms with Gasteiger partial charge in [-0.05, 0) is 50.6 Å². The van der Waals surface area contributed by atoms with E-state index in [1.54, 1.807) is 0 Å². The monoisotopic (exact) mass is 381 g/mol. The molecule has 0 aromatic heterocycles. The molecule has 1 aliphatic heterocycles. The first-order valence-electron chi connectivity index (χ1n) is 9.91. The van der Waals surface area contributed by atoms with Crippen LogP contribution in [-0.2, 0) is 16.1 Å². The number of nitrogens with one attached hydrogen (secondary N) is 1. The maximum absolute atomic E-state index is 12.6. The van der Waals surface area contributed by atoms with Crippen molar-refractivity contribution in [3.8, 4) is 0 Å². The minimum Gasteiger partial charge on any atom is -0.378 e. The van der Waals surface area contributed by atoms with Crippen LogP contribution in [0.15, 0.2) is 36.4 Å². The van der Waals surface area contributed by atoms with Crippen molar-refractivity contribution in [3.05, 3.63) is 58.7 Å². The van der Waals surface area contributed by atoms with Crippen LogP contribution >= 0.6 is 0 Å². The first-order valence-corrected chi connectivity index (χ1v) is 9.91. The second kappa shape index (κ2) is 9.22. The van der Waals surface area contributed by atoms with E-state index in [1.807, 2.05) is 20.9 Å². The summed E-state index contributed by atoms with van der Waals surface area (Å²) in [6.45, 7) is 10.6. The van der Waals surface area contributed by atoms with Crippen LogP contribution in [0.5, 0.6) is 0 Å². The summed E-state index contributed by atoms with van der Waals surface area (Å²) >= 11 is 0. The molecule has 5 heteroatoms. The zero-order valence-corrected chi connectivity index (χ0v) is 17.4. The second-order valence-corrected chi connectivity index (χ2v) is 7.72. The van der Waals surface area contributed by atoms with Gasteiger partial charge in [-0.3, -0.25) is 9.69 Å². The van der Waals surface area contributed by atoms with Gasteiger partial charge in [0.2, 0.25) is 5.91 Å². The second-order valence-electron chi connectivity index (χ2n) is 7.72. The van der Waals surface area contributed by atoms with E-state index in [0.717, 1.165) is 49.7 Å². The quantitative estimate of drug-likeness (QED) is 0.832. The Bertz CT molecular complexity index is 805. The van der Waals surface area contributed by atoms with Gasteiger partial charge in [-0.1, -0.05) is 35.9 Å². The van der Waals surface area contributed by atoms with Crippen LogP contribution in [-0.4, -0.2) is 50.7 Å². The van der Waals surface area contributed by atoms with Crippen molar-refractivity contribution in [2.45, 2.75) is 27.3 Å². The van der Waals surface area contributed by atoms with E-state index < -0.39 is 0 Å². The fourth-order valence-corrected chi connectivity index (χ4v) is 3.91. The lowest BCUT2D eigenvalue weighted by Crippen LogP contribution is -2.37. The number of carbonyl (C=O) groups excluding carboxylic acids is 1. The minimum absolute atomic E-state index is 0.0152. The van der Waals surface area contributed by atoms with Crippen molar-refractivity contribution in [3.63, 3.8) is 0 Å². The fourth-order valence-electron chi connectivity index (χ4n) is 3.91. The fraction of sp³-hybridized carbons (Fsp3) is 0.435. The van der Waals surface area contributed by atoms with Crippen LogP contribution in [0, 0.1) is 20.8 Å². The first-order chi connectivity index (χ1) is 13.4. The van der Waals surface area contributed by atoms with Gasteiger partial charge in [-0.2, -0.15) is 0 Å². The predicted molar refractivity (Wildman–Crippen MR) is 115 cm³/mol. The van der Waals surface area contributed by atoms with Crippen LogP contribution in [0.2, 0.25) is 0 Å². The molecule has 5 nitrogen and oxygen atoms in total. The van der Waals surface area contributed by atoms with Gasteiger partial charge in [0.1, 0.15) is 0 Å². The molecule has 1 saturated heterocycles. The largest absolute Gasteiger partial charge is 0.378 e. The first kappa shape index (κ1) is 20.4. The van der Waals surface area contributed by atoms with Crippen LogP contribution in [0.4, 0.5) is 11.4 Å². The highest BCUT2D eigenvalue weighted by atomic mass is 16.5. The summed E-state index contributed by atoms with van der Waals surface area (Å²) in [4.78, 5) is 17.0. The molecular formula is C23H31N3O2. The Morgan fingerprint density at radius 1 is 1.11 bits per heavy atom. The SMILES string of the molecule is Cc1cc(C)c(NC(=O)CN(C)Cc2ccccc2N2CCOCC2)c(C)c1. The van der Waals surface area contributed by atoms with Crippen molar-refractivity contribution >= 4 is 17.3 Å². The van der Waals surface area contributed by atoms with Crippen molar-refractivity contribution in [1.29, 1.82) is 0 Å². The molecule has 150 valence electrons. The molecule has 1 fully saturated rings. The molecule has 0 bridgehead atoms. The number of morpholine rings is 1. The normalized spacial score (nSPS) is 14.4. The Morgan fingerprint density at radius 3 is 2.43 bits per heavy atom. The van der Waals surface area contributed by atoms with Crippen LogP contribution in [0.3, 0.4) is 0 Å². The number of amides is 1. The summed E-state index contributed by atoms with van der Waals surface area (Å²) in [6.07, 6.45) is 0. The summed E-state index contributed by atoms with van der Waals surface area (Å²) in [5.41, 5.74) is 6.82. The van der Waals surface area contributed by atoms with E-state index in [4.69, 9.17) is 4.74 Å². The highest BCUT2D eigenvalue weighted by Gasteiger charge is 2.16. The molecule has 0 radical (unpaired) electrons. The number of ether oxygens (including phenoxy) is 1. The Labute approximate surface area is 168 Å². The zero-order chi connectivity index (χ0) is 20.1. The van der Waals surface area contributed by atoms with E-state index in [0.29, 0.717) is 6.54 Å². The molecular weight excluding hydrogens is 350 g/mol. The van der Waals surface area contributed by atoms with Crippen LogP contribution < -0.4 is 10.2 Å². The number of para-hydroxylation sites is 1. The zero-order valence-electron chi connectivity index (χ0n) is 17.4. The molecule has 2 aromatic rings. The van der Waals surface area contributed by atoms with Gasteiger partial charge in [0.15, 0.2) is 0 Å².